The number of carbonyl (C=O) groups is 2. The number of ether oxygens (including phenoxy) is 3. The average Bonchev–Trinajstić information content (AvgIpc) is 2.36. The lowest BCUT2D eigenvalue weighted by atomic mass is 10.1. The molecule has 0 aromatic heterocycles. The highest BCUT2D eigenvalue weighted by Gasteiger charge is 2.18. The minimum absolute atomic E-state index is 0.101. The third-order valence-corrected chi connectivity index (χ3v) is 2.11. The Bertz CT molecular complexity index is 444. The first-order chi connectivity index (χ1) is 8.60. The Labute approximate surface area is 105 Å². The second kappa shape index (κ2) is 6.48. The molecule has 0 spiro atoms. The SMILES string of the molecule is CCOC(=O)COC(=O)c1c(N)cccc1OC. The molecular weight excluding hydrogens is 238 g/mol. The minimum Gasteiger partial charge on any atom is -0.496 e. The Morgan fingerprint density at radius 1 is 1.28 bits per heavy atom. The summed E-state index contributed by atoms with van der Waals surface area (Å²) in [5.74, 6) is -1.04. The first-order valence-electron chi connectivity index (χ1n) is 5.35. The second-order valence-electron chi connectivity index (χ2n) is 3.31. The number of nitrogens with two attached hydrogens (primary N) is 1. The van der Waals surface area contributed by atoms with Crippen LogP contribution in [0.1, 0.15) is 17.3 Å². The number of rotatable bonds is 5. The zero-order chi connectivity index (χ0) is 13.5. The van der Waals surface area contributed by atoms with E-state index in [9.17, 15) is 9.59 Å². The summed E-state index contributed by atoms with van der Waals surface area (Å²) in [6.45, 7) is 1.44. The number of anilines is 1. The van der Waals surface area contributed by atoms with Crippen LogP contribution < -0.4 is 10.5 Å². The molecule has 0 amide bonds. The smallest absolute Gasteiger partial charge is 0.344 e. The van der Waals surface area contributed by atoms with E-state index in [1.54, 1.807) is 25.1 Å². The van der Waals surface area contributed by atoms with Gasteiger partial charge in [-0.2, -0.15) is 0 Å². The lowest BCUT2D eigenvalue weighted by Gasteiger charge is -2.10. The molecular formula is C12H15NO5. The van der Waals surface area contributed by atoms with Crippen molar-refractivity contribution in [3.8, 4) is 5.75 Å². The Morgan fingerprint density at radius 2 is 2.00 bits per heavy atom. The van der Waals surface area contributed by atoms with Crippen molar-refractivity contribution in [2.45, 2.75) is 6.92 Å². The van der Waals surface area contributed by atoms with E-state index in [-0.39, 0.29) is 17.9 Å². The van der Waals surface area contributed by atoms with Crippen molar-refractivity contribution in [3.05, 3.63) is 23.8 Å². The fourth-order valence-electron chi connectivity index (χ4n) is 1.34. The van der Waals surface area contributed by atoms with Crippen LogP contribution in [-0.2, 0) is 14.3 Å². The van der Waals surface area contributed by atoms with Crippen LogP contribution in [0.15, 0.2) is 18.2 Å². The third kappa shape index (κ3) is 3.38. The molecule has 6 heteroatoms. The van der Waals surface area contributed by atoms with Crippen molar-refractivity contribution in [2.75, 3.05) is 26.1 Å². The first-order valence-corrected chi connectivity index (χ1v) is 5.35. The molecule has 0 aliphatic heterocycles. The van der Waals surface area contributed by atoms with Crippen LogP contribution in [0.5, 0.6) is 5.75 Å². The van der Waals surface area contributed by atoms with Gasteiger partial charge in [-0.3, -0.25) is 0 Å². The van der Waals surface area contributed by atoms with Crippen molar-refractivity contribution in [3.63, 3.8) is 0 Å². The Balaban J connectivity index is 2.75. The van der Waals surface area contributed by atoms with Gasteiger partial charge in [0.15, 0.2) is 6.61 Å². The van der Waals surface area contributed by atoms with E-state index in [1.165, 1.54) is 7.11 Å². The molecule has 0 fully saturated rings. The van der Waals surface area contributed by atoms with Gasteiger partial charge in [-0.15, -0.1) is 0 Å². The zero-order valence-electron chi connectivity index (χ0n) is 10.3. The number of methoxy groups -OCH3 is 1. The van der Waals surface area contributed by atoms with Crippen LogP contribution >= 0.6 is 0 Å². The van der Waals surface area contributed by atoms with E-state index in [4.69, 9.17) is 15.2 Å². The maximum absolute atomic E-state index is 11.8. The van der Waals surface area contributed by atoms with Crippen LogP contribution in [0.25, 0.3) is 0 Å². The van der Waals surface area contributed by atoms with E-state index < -0.39 is 18.5 Å². The molecule has 0 saturated heterocycles. The summed E-state index contributed by atoms with van der Waals surface area (Å²) in [6.07, 6.45) is 0. The van der Waals surface area contributed by atoms with Gasteiger partial charge in [0, 0.05) is 5.69 Å². The van der Waals surface area contributed by atoms with Gasteiger partial charge < -0.3 is 19.9 Å². The van der Waals surface area contributed by atoms with E-state index in [2.05, 4.69) is 4.74 Å². The Morgan fingerprint density at radius 3 is 2.61 bits per heavy atom. The lowest BCUT2D eigenvalue weighted by molar-refractivity contribution is -0.146. The highest BCUT2D eigenvalue weighted by molar-refractivity contribution is 5.98. The standard InChI is InChI=1S/C12H15NO5/c1-3-17-10(14)7-18-12(15)11-8(13)5-4-6-9(11)16-2/h4-6H,3,7,13H2,1-2H3. The maximum atomic E-state index is 11.8. The van der Waals surface area contributed by atoms with Crippen molar-refractivity contribution in [1.29, 1.82) is 0 Å². The van der Waals surface area contributed by atoms with Gasteiger partial charge >= 0.3 is 11.9 Å². The number of nitrogen functional groups attached to an aromatic ring is 1. The zero-order valence-corrected chi connectivity index (χ0v) is 10.3. The van der Waals surface area contributed by atoms with Crippen LogP contribution in [0, 0.1) is 0 Å². The van der Waals surface area contributed by atoms with Crippen molar-refractivity contribution in [2.24, 2.45) is 0 Å². The number of hydrogen-bond acceptors (Lipinski definition) is 6. The summed E-state index contributed by atoms with van der Waals surface area (Å²) in [5, 5.41) is 0. The molecule has 0 unspecified atom stereocenters. The molecule has 6 nitrogen and oxygen atoms in total. The molecule has 18 heavy (non-hydrogen) atoms. The summed E-state index contributed by atoms with van der Waals surface area (Å²) in [7, 11) is 1.41. The van der Waals surface area contributed by atoms with Gasteiger partial charge in [0.25, 0.3) is 0 Å². The first kappa shape index (κ1) is 13.8. The van der Waals surface area contributed by atoms with Gasteiger partial charge in [-0.05, 0) is 19.1 Å². The monoisotopic (exact) mass is 253 g/mol. The molecule has 2 N–H and O–H groups in total. The van der Waals surface area contributed by atoms with Gasteiger partial charge in [0.05, 0.1) is 13.7 Å². The molecule has 0 heterocycles. The normalized spacial score (nSPS) is 9.67. The average molecular weight is 253 g/mol. The van der Waals surface area contributed by atoms with E-state index >= 15 is 0 Å². The van der Waals surface area contributed by atoms with E-state index in [1.807, 2.05) is 0 Å². The highest BCUT2D eigenvalue weighted by Crippen LogP contribution is 2.24. The summed E-state index contributed by atoms with van der Waals surface area (Å²) >= 11 is 0. The fraction of sp³-hybridized carbons (Fsp3) is 0.333. The Kier molecular flexibility index (Phi) is 4.98. The summed E-state index contributed by atoms with van der Waals surface area (Å²) in [6, 6.07) is 4.77. The number of carbonyl (C=O) groups excluding carboxylic acids is 2. The van der Waals surface area contributed by atoms with Crippen LogP contribution in [0.2, 0.25) is 0 Å². The minimum atomic E-state index is -0.724. The van der Waals surface area contributed by atoms with Crippen molar-refractivity contribution in [1.82, 2.24) is 0 Å². The summed E-state index contributed by atoms with van der Waals surface area (Å²) in [5.41, 5.74) is 5.99. The molecule has 0 aliphatic carbocycles. The molecule has 98 valence electrons. The third-order valence-electron chi connectivity index (χ3n) is 2.11. The van der Waals surface area contributed by atoms with Gasteiger partial charge in [-0.1, -0.05) is 6.07 Å². The molecule has 0 atom stereocenters. The molecule has 1 aromatic rings. The predicted octanol–water partition coefficient (Wildman–Crippen LogP) is 0.997. The van der Waals surface area contributed by atoms with E-state index in [0.29, 0.717) is 5.75 Å². The molecule has 1 aromatic carbocycles. The molecule has 1 rings (SSSR count). The van der Waals surface area contributed by atoms with E-state index in [0.717, 1.165) is 0 Å². The van der Waals surface area contributed by atoms with Crippen LogP contribution in [0.3, 0.4) is 0 Å². The largest absolute Gasteiger partial charge is 0.496 e. The molecule has 0 saturated carbocycles. The Hall–Kier alpha value is -2.24. The van der Waals surface area contributed by atoms with Gasteiger partial charge in [-0.25, -0.2) is 9.59 Å². The van der Waals surface area contributed by atoms with Crippen molar-refractivity contribution >= 4 is 17.6 Å². The lowest BCUT2D eigenvalue weighted by Crippen LogP contribution is -2.17. The second-order valence-corrected chi connectivity index (χ2v) is 3.31. The predicted molar refractivity (Wildman–Crippen MR) is 64.3 cm³/mol. The fourth-order valence-corrected chi connectivity index (χ4v) is 1.34. The maximum Gasteiger partial charge on any atom is 0.344 e. The van der Waals surface area contributed by atoms with Crippen LogP contribution in [0.4, 0.5) is 5.69 Å². The number of esters is 2. The summed E-state index contributed by atoms with van der Waals surface area (Å²) < 4.78 is 14.4. The van der Waals surface area contributed by atoms with Gasteiger partial charge in [0.1, 0.15) is 11.3 Å². The van der Waals surface area contributed by atoms with Crippen molar-refractivity contribution < 1.29 is 23.8 Å². The molecule has 0 aliphatic rings. The summed E-state index contributed by atoms with van der Waals surface area (Å²) in [4.78, 5) is 22.8. The van der Waals surface area contributed by atoms with Crippen LogP contribution in [-0.4, -0.2) is 32.3 Å². The molecule has 0 radical (unpaired) electrons. The molecule has 0 bridgehead atoms. The topological polar surface area (TPSA) is 87.9 Å². The highest BCUT2D eigenvalue weighted by atomic mass is 16.6. The van der Waals surface area contributed by atoms with Gasteiger partial charge in [0.2, 0.25) is 0 Å². The quantitative estimate of drug-likeness (QED) is 0.622. The number of benzene rings is 1. The number of hydrogen-bond donors (Lipinski definition) is 1.